The largest absolute Gasteiger partial charge is 0.382 e. The first-order valence-corrected chi connectivity index (χ1v) is 7.26. The lowest BCUT2D eigenvalue weighted by Crippen LogP contribution is -2.47. The molecule has 2 heterocycles. The van der Waals surface area contributed by atoms with E-state index in [-0.39, 0.29) is 19.1 Å². The van der Waals surface area contributed by atoms with E-state index >= 15 is 0 Å². The van der Waals surface area contributed by atoms with Crippen molar-refractivity contribution >= 4 is 11.9 Å². The van der Waals surface area contributed by atoms with Crippen LogP contribution in [0, 0.1) is 0 Å². The van der Waals surface area contributed by atoms with Crippen LogP contribution in [0.25, 0.3) is 5.69 Å². The van der Waals surface area contributed by atoms with Gasteiger partial charge in [0, 0.05) is 13.3 Å². The fourth-order valence-electron chi connectivity index (χ4n) is 2.61. The molecule has 1 fully saturated rings. The van der Waals surface area contributed by atoms with Gasteiger partial charge in [-0.05, 0) is 25.1 Å². The summed E-state index contributed by atoms with van der Waals surface area (Å²) in [4.78, 5) is 25.7. The van der Waals surface area contributed by atoms with Crippen LogP contribution >= 0.6 is 0 Å². The number of aromatic nitrogens is 2. The number of nitrogens with zero attached hydrogens (tertiary/aromatic N) is 3. The number of hydrogen-bond acceptors (Lipinski definition) is 4. The Kier molecular flexibility index (Phi) is 3.87. The third-order valence-electron chi connectivity index (χ3n) is 3.76. The molecule has 3 rings (SSSR count). The highest BCUT2D eigenvalue weighted by Crippen LogP contribution is 2.20. The van der Waals surface area contributed by atoms with Gasteiger partial charge in [-0.25, -0.2) is 9.48 Å². The highest BCUT2D eigenvalue weighted by molar-refractivity contribution is 6.06. The van der Waals surface area contributed by atoms with Gasteiger partial charge in [0.15, 0.2) is 0 Å². The van der Waals surface area contributed by atoms with Crippen molar-refractivity contribution in [1.82, 2.24) is 20.0 Å². The zero-order chi connectivity index (χ0) is 16.4. The molecular formula is C16H18N4O3. The number of carbonyl (C=O) groups excluding carboxylic acids is 2. The van der Waals surface area contributed by atoms with Crippen LogP contribution in [0.15, 0.2) is 42.6 Å². The minimum absolute atomic E-state index is 0.129. The molecule has 1 N–H and O–H groups in total. The summed E-state index contributed by atoms with van der Waals surface area (Å²) >= 11 is 0. The molecule has 1 aliphatic heterocycles. The summed E-state index contributed by atoms with van der Waals surface area (Å²) in [7, 11) is 1.49. The topological polar surface area (TPSA) is 76.5 Å². The number of nitrogens with one attached hydrogen (secondary N) is 1. The van der Waals surface area contributed by atoms with Gasteiger partial charge in [-0.2, -0.15) is 5.10 Å². The minimum Gasteiger partial charge on any atom is -0.382 e. The number of rotatable bonds is 5. The van der Waals surface area contributed by atoms with Crippen molar-refractivity contribution in [2.24, 2.45) is 0 Å². The maximum Gasteiger partial charge on any atom is 0.325 e. The van der Waals surface area contributed by atoms with Gasteiger partial charge in [0.2, 0.25) is 0 Å². The molecule has 7 heteroatoms. The Labute approximate surface area is 133 Å². The minimum atomic E-state index is -1.02. The predicted molar refractivity (Wildman–Crippen MR) is 82.9 cm³/mol. The van der Waals surface area contributed by atoms with E-state index in [4.69, 9.17) is 4.74 Å². The fourth-order valence-corrected chi connectivity index (χ4v) is 2.61. The van der Waals surface area contributed by atoms with Gasteiger partial charge < -0.3 is 10.1 Å². The molecule has 23 heavy (non-hydrogen) atoms. The van der Waals surface area contributed by atoms with Gasteiger partial charge >= 0.3 is 6.03 Å². The second kappa shape index (κ2) is 5.85. The van der Waals surface area contributed by atoms with E-state index in [0.29, 0.717) is 5.69 Å². The number of hydrogen-bond donors (Lipinski definition) is 1. The van der Waals surface area contributed by atoms with Crippen LogP contribution in [0.3, 0.4) is 0 Å². The average molecular weight is 314 g/mol. The Morgan fingerprint density at radius 1 is 1.22 bits per heavy atom. The van der Waals surface area contributed by atoms with E-state index in [2.05, 4.69) is 10.4 Å². The Morgan fingerprint density at radius 2 is 1.96 bits per heavy atom. The molecule has 0 radical (unpaired) electrons. The molecule has 1 unspecified atom stereocenters. The Hall–Kier alpha value is -2.67. The maximum atomic E-state index is 12.4. The normalized spacial score (nSPS) is 20.9. The third-order valence-corrected chi connectivity index (χ3v) is 3.76. The number of ether oxygens (including phenoxy) is 1. The summed E-state index contributed by atoms with van der Waals surface area (Å²) in [5.41, 5.74) is 0.535. The lowest BCUT2D eigenvalue weighted by atomic mass is 10.0. The number of para-hydroxylation sites is 1. The molecule has 1 aliphatic rings. The van der Waals surface area contributed by atoms with Crippen LogP contribution in [0.2, 0.25) is 0 Å². The average Bonchev–Trinajstić information content (AvgIpc) is 3.08. The van der Waals surface area contributed by atoms with E-state index in [1.54, 1.807) is 23.9 Å². The first-order valence-electron chi connectivity index (χ1n) is 7.26. The molecule has 120 valence electrons. The first-order chi connectivity index (χ1) is 11.0. The Balaban J connectivity index is 1.77. The molecule has 0 saturated carbocycles. The zero-order valence-corrected chi connectivity index (χ0v) is 13.0. The van der Waals surface area contributed by atoms with Gasteiger partial charge in [-0.1, -0.05) is 18.2 Å². The van der Waals surface area contributed by atoms with Crippen molar-refractivity contribution in [1.29, 1.82) is 0 Å². The van der Waals surface area contributed by atoms with Crippen molar-refractivity contribution in [3.8, 4) is 5.69 Å². The fraction of sp³-hybridized carbons (Fsp3) is 0.312. The second-order valence-electron chi connectivity index (χ2n) is 5.67. The summed E-state index contributed by atoms with van der Waals surface area (Å²) < 4.78 is 6.74. The lowest BCUT2D eigenvalue weighted by molar-refractivity contribution is -0.132. The SMILES string of the molecule is COCC1(C)NC(=O)N(Cc2ccn(-c3ccccc3)n2)C1=O. The van der Waals surface area contributed by atoms with Gasteiger partial charge in [0.1, 0.15) is 5.54 Å². The number of amides is 3. The first kappa shape index (κ1) is 15.2. The third kappa shape index (κ3) is 2.83. The van der Waals surface area contributed by atoms with Crippen LogP contribution < -0.4 is 5.32 Å². The number of imide groups is 1. The summed E-state index contributed by atoms with van der Waals surface area (Å²) in [6.45, 7) is 1.91. The molecule has 1 aromatic carbocycles. The van der Waals surface area contributed by atoms with Crippen LogP contribution in [0.4, 0.5) is 4.79 Å². The van der Waals surface area contributed by atoms with Gasteiger partial charge in [-0.3, -0.25) is 9.69 Å². The van der Waals surface area contributed by atoms with Crippen LogP contribution in [0.5, 0.6) is 0 Å². The summed E-state index contributed by atoms with van der Waals surface area (Å²) in [6, 6.07) is 11.0. The Bertz CT molecular complexity index is 728. The summed E-state index contributed by atoms with van der Waals surface area (Å²) in [6.07, 6.45) is 1.80. The molecule has 2 aromatic rings. The smallest absolute Gasteiger partial charge is 0.325 e. The van der Waals surface area contributed by atoms with E-state index in [0.717, 1.165) is 10.6 Å². The molecule has 1 saturated heterocycles. The molecule has 1 aromatic heterocycles. The molecule has 7 nitrogen and oxygen atoms in total. The van der Waals surface area contributed by atoms with Crippen molar-refractivity contribution < 1.29 is 14.3 Å². The molecule has 1 atom stereocenters. The van der Waals surface area contributed by atoms with E-state index in [1.165, 1.54) is 7.11 Å². The Morgan fingerprint density at radius 3 is 2.65 bits per heavy atom. The quantitative estimate of drug-likeness (QED) is 0.845. The second-order valence-corrected chi connectivity index (χ2v) is 5.67. The zero-order valence-electron chi connectivity index (χ0n) is 13.0. The van der Waals surface area contributed by atoms with Gasteiger partial charge in [0.25, 0.3) is 5.91 Å². The predicted octanol–water partition coefficient (Wildman–Crippen LogP) is 1.33. The van der Waals surface area contributed by atoms with Crippen LogP contribution in [-0.4, -0.2) is 45.9 Å². The molecule has 0 aliphatic carbocycles. The van der Waals surface area contributed by atoms with E-state index in [9.17, 15) is 9.59 Å². The van der Waals surface area contributed by atoms with Gasteiger partial charge in [0.05, 0.1) is 24.5 Å². The monoisotopic (exact) mass is 314 g/mol. The molecule has 3 amide bonds. The van der Waals surface area contributed by atoms with E-state index < -0.39 is 11.6 Å². The number of carbonyl (C=O) groups is 2. The van der Waals surface area contributed by atoms with Crippen LogP contribution in [0.1, 0.15) is 12.6 Å². The summed E-state index contributed by atoms with van der Waals surface area (Å²) in [5, 5.41) is 7.09. The molecular weight excluding hydrogens is 296 g/mol. The number of urea groups is 1. The van der Waals surface area contributed by atoms with E-state index in [1.807, 2.05) is 30.3 Å². The van der Waals surface area contributed by atoms with Crippen molar-refractivity contribution in [2.75, 3.05) is 13.7 Å². The number of methoxy groups -OCH3 is 1. The van der Waals surface area contributed by atoms with Crippen molar-refractivity contribution in [3.05, 3.63) is 48.3 Å². The molecule has 0 bridgehead atoms. The lowest BCUT2D eigenvalue weighted by Gasteiger charge is -2.20. The van der Waals surface area contributed by atoms with Gasteiger partial charge in [-0.15, -0.1) is 0 Å². The highest BCUT2D eigenvalue weighted by Gasteiger charge is 2.47. The molecule has 0 spiro atoms. The van der Waals surface area contributed by atoms with Crippen molar-refractivity contribution in [3.63, 3.8) is 0 Å². The maximum absolute atomic E-state index is 12.4. The highest BCUT2D eigenvalue weighted by atomic mass is 16.5. The van der Waals surface area contributed by atoms with Crippen LogP contribution in [-0.2, 0) is 16.1 Å². The summed E-state index contributed by atoms with van der Waals surface area (Å²) in [5.74, 6) is -0.307. The van der Waals surface area contributed by atoms with Crippen molar-refractivity contribution in [2.45, 2.75) is 19.0 Å². The standard InChI is InChI=1S/C16H18N4O3/c1-16(11-23-2)14(21)19(15(22)17-16)10-12-8-9-20(18-12)13-6-4-3-5-7-13/h3-9H,10-11H2,1-2H3,(H,17,22). The number of benzene rings is 1.